The Morgan fingerprint density at radius 1 is 0.778 bits per heavy atom. The largest absolute Gasteiger partial charge is 0.457 e. The topological polar surface area (TPSA) is 26.3 Å². The number of carbonyl (C=O) groups excluding carboxylic acids is 1. The summed E-state index contributed by atoms with van der Waals surface area (Å²) in [5.41, 5.74) is 6.35. The van der Waals surface area contributed by atoms with Crippen LogP contribution in [0.3, 0.4) is 0 Å². The van der Waals surface area contributed by atoms with E-state index in [0.717, 1.165) is 34.3 Å². The second-order valence-electron chi connectivity index (χ2n) is 8.12. The van der Waals surface area contributed by atoms with Gasteiger partial charge in [0.15, 0.2) is 6.29 Å². The Hall–Kier alpha value is -2.87. The molecule has 27 heavy (non-hydrogen) atoms. The first-order valence-electron chi connectivity index (χ1n) is 9.22. The zero-order chi connectivity index (χ0) is 19.6. The molecule has 0 heterocycles. The van der Waals surface area contributed by atoms with Gasteiger partial charge < -0.3 is 4.74 Å². The molecule has 0 bridgehead atoms. The van der Waals surface area contributed by atoms with Crippen molar-refractivity contribution >= 4 is 6.29 Å². The third-order valence-corrected chi connectivity index (χ3v) is 4.65. The molecule has 0 spiro atoms. The first-order valence-corrected chi connectivity index (χ1v) is 9.22. The lowest BCUT2D eigenvalue weighted by Crippen LogP contribution is -2.10. The number of benzene rings is 3. The molecule has 0 aliphatic heterocycles. The quantitative estimate of drug-likeness (QED) is 0.476. The van der Waals surface area contributed by atoms with Crippen molar-refractivity contribution in [2.24, 2.45) is 0 Å². The van der Waals surface area contributed by atoms with E-state index in [1.165, 1.54) is 5.56 Å². The standard InChI is InChI=1S/C25H26O2/c1-17-12-18(2)14-23(13-17)27-24-15-20(6-7-21(24)16-26)19-8-10-22(11-9-19)25(3,4)5/h6-16H,1-5H3. The first-order chi connectivity index (χ1) is 12.8. The monoisotopic (exact) mass is 358 g/mol. The van der Waals surface area contributed by atoms with Crippen LogP contribution in [0.1, 0.15) is 47.8 Å². The SMILES string of the molecule is Cc1cc(C)cc(Oc2cc(-c3ccc(C(C)(C)C)cc3)ccc2C=O)c1. The van der Waals surface area contributed by atoms with Crippen LogP contribution >= 0.6 is 0 Å². The van der Waals surface area contributed by atoms with Crippen molar-refractivity contribution in [2.45, 2.75) is 40.0 Å². The Morgan fingerprint density at radius 2 is 1.37 bits per heavy atom. The van der Waals surface area contributed by atoms with E-state index in [9.17, 15) is 4.79 Å². The minimum atomic E-state index is 0.122. The van der Waals surface area contributed by atoms with Gasteiger partial charge >= 0.3 is 0 Å². The van der Waals surface area contributed by atoms with E-state index in [1.54, 1.807) is 0 Å². The average Bonchev–Trinajstić information content (AvgIpc) is 2.60. The smallest absolute Gasteiger partial charge is 0.153 e. The number of carbonyl (C=O) groups is 1. The predicted octanol–water partition coefficient (Wildman–Crippen LogP) is 6.87. The van der Waals surface area contributed by atoms with Crippen LogP contribution < -0.4 is 4.74 Å². The molecule has 0 aliphatic carbocycles. The van der Waals surface area contributed by atoms with Gasteiger partial charge in [-0.25, -0.2) is 0 Å². The second kappa shape index (κ2) is 7.40. The molecule has 0 aromatic heterocycles. The van der Waals surface area contributed by atoms with Gasteiger partial charge in [0.1, 0.15) is 11.5 Å². The lowest BCUT2D eigenvalue weighted by Gasteiger charge is -2.19. The molecule has 0 unspecified atom stereocenters. The molecule has 138 valence electrons. The molecule has 3 rings (SSSR count). The lowest BCUT2D eigenvalue weighted by atomic mass is 9.86. The van der Waals surface area contributed by atoms with E-state index in [-0.39, 0.29) is 5.41 Å². The number of aryl methyl sites for hydroxylation is 2. The number of hydrogen-bond donors (Lipinski definition) is 0. The fourth-order valence-electron chi connectivity index (χ4n) is 3.18. The molecule has 3 aromatic rings. The number of ether oxygens (including phenoxy) is 1. The first kappa shape index (κ1) is 18.9. The van der Waals surface area contributed by atoms with Gasteiger partial charge in [0, 0.05) is 0 Å². The van der Waals surface area contributed by atoms with E-state index >= 15 is 0 Å². The molecule has 2 heteroatoms. The Kier molecular flexibility index (Phi) is 5.18. The highest BCUT2D eigenvalue weighted by atomic mass is 16.5. The maximum atomic E-state index is 11.5. The summed E-state index contributed by atoms with van der Waals surface area (Å²) in [7, 11) is 0. The molecule has 3 aromatic carbocycles. The second-order valence-corrected chi connectivity index (χ2v) is 8.12. The van der Waals surface area contributed by atoms with Crippen LogP contribution in [0.15, 0.2) is 60.7 Å². The maximum absolute atomic E-state index is 11.5. The summed E-state index contributed by atoms with van der Waals surface area (Å²) in [4.78, 5) is 11.5. The van der Waals surface area contributed by atoms with E-state index in [2.05, 4.69) is 51.1 Å². The van der Waals surface area contributed by atoms with E-state index in [0.29, 0.717) is 11.3 Å². The zero-order valence-electron chi connectivity index (χ0n) is 16.7. The van der Waals surface area contributed by atoms with Gasteiger partial charge in [0.25, 0.3) is 0 Å². The van der Waals surface area contributed by atoms with Gasteiger partial charge in [0.2, 0.25) is 0 Å². The summed E-state index contributed by atoms with van der Waals surface area (Å²) in [5, 5.41) is 0. The summed E-state index contributed by atoms with van der Waals surface area (Å²) in [6.45, 7) is 10.7. The molecular weight excluding hydrogens is 332 g/mol. The normalized spacial score (nSPS) is 11.3. The van der Waals surface area contributed by atoms with Crippen molar-refractivity contribution in [3.63, 3.8) is 0 Å². The molecule has 0 amide bonds. The van der Waals surface area contributed by atoms with Gasteiger partial charge in [-0.1, -0.05) is 57.2 Å². The molecule has 0 aliphatic rings. The van der Waals surface area contributed by atoms with Crippen molar-refractivity contribution in [1.29, 1.82) is 0 Å². The third kappa shape index (κ3) is 4.46. The Morgan fingerprint density at radius 3 is 1.93 bits per heavy atom. The summed E-state index contributed by atoms with van der Waals surface area (Å²) in [5.74, 6) is 1.32. The summed E-state index contributed by atoms with van der Waals surface area (Å²) >= 11 is 0. The molecule has 2 nitrogen and oxygen atoms in total. The third-order valence-electron chi connectivity index (χ3n) is 4.65. The minimum Gasteiger partial charge on any atom is -0.457 e. The van der Waals surface area contributed by atoms with Crippen LogP contribution in [0.4, 0.5) is 0 Å². The molecule has 0 fully saturated rings. The van der Waals surface area contributed by atoms with Crippen LogP contribution in [0.5, 0.6) is 11.5 Å². The van der Waals surface area contributed by atoms with Gasteiger partial charge in [-0.3, -0.25) is 4.79 Å². The fraction of sp³-hybridized carbons (Fsp3) is 0.240. The van der Waals surface area contributed by atoms with Crippen LogP contribution in [0.2, 0.25) is 0 Å². The van der Waals surface area contributed by atoms with Crippen LogP contribution in [0.25, 0.3) is 11.1 Å². The minimum absolute atomic E-state index is 0.122. The molecule has 0 radical (unpaired) electrons. The number of aldehydes is 1. The van der Waals surface area contributed by atoms with Crippen LogP contribution in [-0.2, 0) is 5.41 Å². The van der Waals surface area contributed by atoms with Crippen molar-refractivity contribution in [3.05, 3.63) is 82.9 Å². The van der Waals surface area contributed by atoms with Crippen molar-refractivity contribution in [1.82, 2.24) is 0 Å². The maximum Gasteiger partial charge on any atom is 0.153 e. The highest BCUT2D eigenvalue weighted by Gasteiger charge is 2.14. The zero-order valence-corrected chi connectivity index (χ0v) is 16.7. The van der Waals surface area contributed by atoms with E-state index in [4.69, 9.17) is 4.74 Å². The molecule has 0 saturated carbocycles. The Balaban J connectivity index is 1.97. The fourth-order valence-corrected chi connectivity index (χ4v) is 3.18. The molecule has 0 atom stereocenters. The average molecular weight is 358 g/mol. The van der Waals surface area contributed by atoms with Gasteiger partial charge in [0.05, 0.1) is 5.56 Å². The van der Waals surface area contributed by atoms with Crippen LogP contribution in [-0.4, -0.2) is 6.29 Å². The van der Waals surface area contributed by atoms with E-state index < -0.39 is 0 Å². The highest BCUT2D eigenvalue weighted by molar-refractivity contribution is 5.82. The Bertz CT molecular complexity index is 940. The molecular formula is C25H26O2. The predicted molar refractivity (Wildman–Crippen MR) is 112 cm³/mol. The molecule has 0 saturated heterocycles. The molecule has 0 N–H and O–H groups in total. The van der Waals surface area contributed by atoms with Gasteiger partial charge in [-0.05, 0) is 71.3 Å². The van der Waals surface area contributed by atoms with Gasteiger partial charge in [-0.15, -0.1) is 0 Å². The van der Waals surface area contributed by atoms with Gasteiger partial charge in [-0.2, -0.15) is 0 Å². The summed E-state index contributed by atoms with van der Waals surface area (Å²) in [6.07, 6.45) is 0.838. The van der Waals surface area contributed by atoms with E-state index in [1.807, 2.05) is 44.2 Å². The van der Waals surface area contributed by atoms with Crippen molar-refractivity contribution in [3.8, 4) is 22.6 Å². The summed E-state index contributed by atoms with van der Waals surface area (Å²) in [6, 6.07) is 20.3. The number of hydrogen-bond acceptors (Lipinski definition) is 2. The number of rotatable bonds is 4. The highest BCUT2D eigenvalue weighted by Crippen LogP contribution is 2.32. The van der Waals surface area contributed by atoms with Crippen molar-refractivity contribution in [2.75, 3.05) is 0 Å². The van der Waals surface area contributed by atoms with Crippen LogP contribution in [0, 0.1) is 13.8 Å². The summed E-state index contributed by atoms with van der Waals surface area (Å²) < 4.78 is 6.07. The van der Waals surface area contributed by atoms with Crippen molar-refractivity contribution < 1.29 is 9.53 Å². The Labute approximate surface area is 161 Å². The lowest BCUT2D eigenvalue weighted by molar-refractivity contribution is 0.112.